The van der Waals surface area contributed by atoms with Crippen molar-refractivity contribution in [1.29, 1.82) is 10.8 Å². The second-order valence-corrected chi connectivity index (χ2v) is 6.44. The lowest BCUT2D eigenvalue weighted by atomic mass is 10.2. The first-order chi connectivity index (χ1) is 12.2. The molecular weight excluding hydrogens is 320 g/mol. The summed E-state index contributed by atoms with van der Waals surface area (Å²) in [6, 6.07) is 0. The van der Waals surface area contributed by atoms with Crippen molar-refractivity contribution in [3.8, 4) is 0 Å². The van der Waals surface area contributed by atoms with Crippen LogP contribution in [0.5, 0.6) is 0 Å². The van der Waals surface area contributed by atoms with Gasteiger partial charge in [-0.15, -0.1) is 0 Å². The Morgan fingerprint density at radius 3 is 1.56 bits per heavy atom. The fourth-order valence-corrected chi connectivity index (χ4v) is 2.85. The highest BCUT2D eigenvalue weighted by Gasteiger charge is 2.21. The number of rotatable bonds is 12. The molecule has 0 aliphatic carbocycles. The van der Waals surface area contributed by atoms with E-state index in [1.165, 1.54) is 25.7 Å². The highest BCUT2D eigenvalue weighted by Crippen LogP contribution is 2.01. The van der Waals surface area contributed by atoms with Gasteiger partial charge in [-0.2, -0.15) is 0 Å². The van der Waals surface area contributed by atoms with Gasteiger partial charge in [-0.3, -0.25) is 21.4 Å². The average molecular weight is 350 g/mol. The summed E-state index contributed by atoms with van der Waals surface area (Å²) in [6.45, 7) is 5.81. The highest BCUT2D eigenvalue weighted by molar-refractivity contribution is 4.95. The van der Waals surface area contributed by atoms with E-state index in [1.54, 1.807) is 9.36 Å². The van der Waals surface area contributed by atoms with Crippen molar-refractivity contribution in [3.63, 3.8) is 0 Å². The van der Waals surface area contributed by atoms with Crippen LogP contribution in [0.15, 0.2) is 9.05 Å². The van der Waals surface area contributed by atoms with Crippen molar-refractivity contribution in [2.45, 2.75) is 84.7 Å². The van der Waals surface area contributed by atoms with Crippen LogP contribution in [-0.4, -0.2) is 0 Å². The van der Waals surface area contributed by atoms with E-state index < -0.39 is 0 Å². The van der Waals surface area contributed by atoms with E-state index in [0.717, 1.165) is 38.8 Å². The molecule has 0 aliphatic heterocycles. The minimum absolute atomic E-state index is 0.0497. The third kappa shape index (κ3) is 5.44. The van der Waals surface area contributed by atoms with Gasteiger partial charge in [0, 0.05) is 12.8 Å². The summed E-state index contributed by atoms with van der Waals surface area (Å²) in [7, 11) is 0. The molecule has 0 saturated carbocycles. The normalized spacial score (nSPS) is 11.3. The number of aromatic nitrogens is 4. The molecule has 0 atom stereocenters. The molecule has 0 amide bonds. The Hall–Kier alpha value is -2.12. The van der Waals surface area contributed by atoms with Gasteiger partial charge in [-0.05, 0) is 12.8 Å². The predicted octanol–water partition coefficient (Wildman–Crippen LogP) is 1.07. The Kier molecular flexibility index (Phi) is 7.69. The van der Waals surface area contributed by atoms with Crippen molar-refractivity contribution < 1.29 is 18.4 Å². The Bertz CT molecular complexity index is 677. The van der Waals surface area contributed by atoms with Crippen molar-refractivity contribution in [2.75, 3.05) is 0 Å². The summed E-state index contributed by atoms with van der Waals surface area (Å²) in [4.78, 5) is 0. The molecule has 2 aromatic rings. The van der Waals surface area contributed by atoms with E-state index in [1.807, 2.05) is 0 Å². The molecule has 0 radical (unpaired) electrons. The van der Waals surface area contributed by atoms with E-state index in [-0.39, 0.29) is 11.1 Å². The second-order valence-electron chi connectivity index (χ2n) is 6.44. The van der Waals surface area contributed by atoms with Gasteiger partial charge in [-0.1, -0.05) is 39.5 Å². The topological polar surface area (TPSA) is 110 Å². The SMILES string of the molecule is CCCCCC[n+]1[n-]oc(=N)c1Cc1c(=N)o[n-][n+]1CCCCCC. The molecule has 0 bridgehead atoms. The molecule has 0 saturated heterocycles. The molecule has 140 valence electrons. The molecule has 0 unspecified atom stereocenters. The molecule has 25 heavy (non-hydrogen) atoms. The number of hydrogen-bond acceptors (Lipinski definition) is 4. The summed E-state index contributed by atoms with van der Waals surface area (Å²) < 4.78 is 13.6. The van der Waals surface area contributed by atoms with Crippen LogP contribution >= 0.6 is 0 Å². The fourth-order valence-electron chi connectivity index (χ4n) is 2.85. The van der Waals surface area contributed by atoms with E-state index >= 15 is 0 Å². The standard InChI is InChI=1S/C17H30N6O2/c1-3-5-7-9-11-22-14(16(18)24-20-22)13-15-17(19)25-21-23(15)12-10-8-6-4-2/h18-19H,3-13H2,1-2H3. The molecule has 0 spiro atoms. The fraction of sp³-hybridized carbons (Fsp3) is 0.765. The summed E-state index contributed by atoms with van der Waals surface area (Å²) in [5.74, 6) is 0. The van der Waals surface area contributed by atoms with Crippen LogP contribution in [0.4, 0.5) is 0 Å². The molecule has 2 rings (SSSR count). The number of hydrogen-bond donors (Lipinski definition) is 2. The van der Waals surface area contributed by atoms with Gasteiger partial charge in [-0.25, -0.2) is 9.36 Å². The third-order valence-corrected chi connectivity index (χ3v) is 4.39. The summed E-state index contributed by atoms with van der Waals surface area (Å²) >= 11 is 0. The number of nitrogens with zero attached hydrogens (tertiary/aromatic N) is 4. The van der Waals surface area contributed by atoms with Crippen molar-refractivity contribution >= 4 is 0 Å². The monoisotopic (exact) mass is 350 g/mol. The Morgan fingerprint density at radius 2 is 1.16 bits per heavy atom. The average Bonchev–Trinajstić information content (AvgIpc) is 3.13. The molecule has 0 aliphatic rings. The van der Waals surface area contributed by atoms with Crippen LogP contribution < -0.4 is 31.0 Å². The molecule has 8 nitrogen and oxygen atoms in total. The molecule has 2 heterocycles. The minimum Gasteiger partial charge on any atom is -0.487 e. The summed E-state index contributed by atoms with van der Waals surface area (Å²) in [6.07, 6.45) is 9.42. The molecular formula is C17H30N6O2. The van der Waals surface area contributed by atoms with Gasteiger partial charge in [0.05, 0.1) is 0 Å². The van der Waals surface area contributed by atoms with E-state index in [2.05, 4.69) is 24.4 Å². The predicted molar refractivity (Wildman–Crippen MR) is 87.2 cm³/mol. The van der Waals surface area contributed by atoms with Crippen molar-refractivity contribution in [1.82, 2.24) is 10.5 Å². The molecule has 2 aromatic heterocycles. The molecule has 8 heteroatoms. The van der Waals surface area contributed by atoms with Crippen LogP contribution in [0.1, 0.15) is 76.6 Å². The largest absolute Gasteiger partial charge is 0.487 e. The maximum atomic E-state index is 7.97. The first-order valence-corrected chi connectivity index (χ1v) is 9.37. The van der Waals surface area contributed by atoms with Gasteiger partial charge in [0.15, 0.2) is 0 Å². The number of aryl methyl sites for hydroxylation is 2. The van der Waals surface area contributed by atoms with Crippen molar-refractivity contribution in [3.05, 3.63) is 22.5 Å². The van der Waals surface area contributed by atoms with Gasteiger partial charge in [0.2, 0.25) is 11.4 Å². The van der Waals surface area contributed by atoms with Gasteiger partial charge in [0.1, 0.15) is 19.5 Å². The zero-order chi connectivity index (χ0) is 18.1. The van der Waals surface area contributed by atoms with Gasteiger partial charge >= 0.3 is 0 Å². The highest BCUT2D eigenvalue weighted by atomic mass is 16.5. The lowest BCUT2D eigenvalue weighted by molar-refractivity contribution is -0.783. The smallest absolute Gasteiger partial charge is 0.268 e. The second kappa shape index (κ2) is 10.0. The van der Waals surface area contributed by atoms with Gasteiger partial charge in [0.25, 0.3) is 11.1 Å². The molecule has 2 N–H and O–H groups in total. The zero-order valence-corrected chi connectivity index (χ0v) is 15.4. The third-order valence-electron chi connectivity index (χ3n) is 4.39. The maximum absolute atomic E-state index is 7.97. The molecule has 0 fully saturated rings. The minimum atomic E-state index is 0.0497. The van der Waals surface area contributed by atoms with Gasteiger partial charge < -0.3 is 9.05 Å². The van der Waals surface area contributed by atoms with E-state index in [4.69, 9.17) is 19.9 Å². The Balaban J connectivity index is 2.06. The van der Waals surface area contributed by atoms with E-state index in [0.29, 0.717) is 17.8 Å². The van der Waals surface area contributed by atoms with Crippen LogP contribution in [0, 0.1) is 10.8 Å². The lowest BCUT2D eigenvalue weighted by Gasteiger charge is -2.03. The summed E-state index contributed by atoms with van der Waals surface area (Å²) in [5, 5.41) is 23.9. The van der Waals surface area contributed by atoms with Crippen molar-refractivity contribution in [2.24, 2.45) is 0 Å². The molecule has 0 aromatic carbocycles. The lowest BCUT2D eigenvalue weighted by Crippen LogP contribution is -2.47. The number of nitrogens with one attached hydrogen (secondary N) is 2. The quantitative estimate of drug-likeness (QED) is 0.441. The van der Waals surface area contributed by atoms with E-state index in [9.17, 15) is 0 Å². The number of unbranched alkanes of at least 4 members (excludes halogenated alkanes) is 6. The van der Waals surface area contributed by atoms with Crippen LogP contribution in [-0.2, 0) is 19.5 Å². The Labute approximate surface area is 147 Å². The zero-order valence-electron chi connectivity index (χ0n) is 15.4. The maximum Gasteiger partial charge on any atom is 0.268 e. The summed E-state index contributed by atoms with van der Waals surface area (Å²) in [5.41, 5.74) is 1.45. The first kappa shape index (κ1) is 19.2. The van der Waals surface area contributed by atoms with Crippen LogP contribution in [0.2, 0.25) is 0 Å². The first-order valence-electron chi connectivity index (χ1n) is 9.37. The van der Waals surface area contributed by atoms with Crippen LogP contribution in [0.3, 0.4) is 0 Å². The van der Waals surface area contributed by atoms with Crippen LogP contribution in [0.25, 0.3) is 0 Å². The Morgan fingerprint density at radius 1 is 0.720 bits per heavy atom.